The van der Waals surface area contributed by atoms with Gasteiger partial charge in [-0.25, -0.2) is 4.57 Å². The van der Waals surface area contributed by atoms with Gasteiger partial charge in [-0.2, -0.15) is 0 Å². The van der Waals surface area contributed by atoms with Crippen LogP contribution in [0.1, 0.15) is 258 Å². The summed E-state index contributed by atoms with van der Waals surface area (Å²) in [6.45, 7) is 4.15. The Morgan fingerprint density at radius 2 is 0.628 bits per heavy atom. The molecule has 0 aliphatic carbocycles. The lowest BCUT2D eigenvalue weighted by Gasteiger charge is -2.24. The predicted molar refractivity (Wildman–Crippen MR) is 371 cm³/mol. The van der Waals surface area contributed by atoms with Crippen LogP contribution in [0.2, 0.25) is 0 Å². The molecule has 2 unspecified atom stereocenters. The number of hydrogen-bond acceptors (Lipinski definition) is 7. The summed E-state index contributed by atoms with van der Waals surface area (Å²) in [5.41, 5.74) is 0. The van der Waals surface area contributed by atoms with E-state index >= 15 is 0 Å². The van der Waals surface area contributed by atoms with Crippen LogP contribution < -0.4 is 0 Å². The van der Waals surface area contributed by atoms with Crippen molar-refractivity contribution in [1.29, 1.82) is 0 Å². The summed E-state index contributed by atoms with van der Waals surface area (Å²) < 4.78 is 34.6. The maximum Gasteiger partial charge on any atom is 0.472 e. The van der Waals surface area contributed by atoms with Gasteiger partial charge in [0.2, 0.25) is 0 Å². The fraction of sp³-hybridized carbons (Fsp3) is 0.632. The van der Waals surface area contributed by atoms with Crippen molar-refractivity contribution in [3.63, 3.8) is 0 Å². The third-order valence-electron chi connectivity index (χ3n) is 14.1. The lowest BCUT2D eigenvalue weighted by Crippen LogP contribution is -2.37. The number of nitrogens with zero attached hydrogens (tertiary/aromatic N) is 1. The van der Waals surface area contributed by atoms with E-state index in [1.54, 1.807) is 0 Å². The van der Waals surface area contributed by atoms with Crippen LogP contribution in [0, 0.1) is 0 Å². The van der Waals surface area contributed by atoms with E-state index in [0.29, 0.717) is 23.9 Å². The quantitative estimate of drug-likeness (QED) is 0.0211. The Morgan fingerprint density at radius 3 is 0.953 bits per heavy atom. The molecule has 0 aromatic carbocycles. The zero-order chi connectivity index (χ0) is 62.6. The van der Waals surface area contributed by atoms with E-state index < -0.39 is 32.5 Å². The minimum absolute atomic E-state index is 0.0181. The molecule has 0 saturated carbocycles. The lowest BCUT2D eigenvalue weighted by atomic mass is 10.0. The van der Waals surface area contributed by atoms with Gasteiger partial charge >= 0.3 is 19.8 Å². The predicted octanol–water partition coefficient (Wildman–Crippen LogP) is 22.4. The largest absolute Gasteiger partial charge is 0.472 e. The fourth-order valence-electron chi connectivity index (χ4n) is 8.88. The van der Waals surface area contributed by atoms with Gasteiger partial charge in [-0.3, -0.25) is 18.6 Å². The third-order valence-corrected chi connectivity index (χ3v) is 15.0. The minimum atomic E-state index is -4.41. The third kappa shape index (κ3) is 68.7. The lowest BCUT2D eigenvalue weighted by molar-refractivity contribution is -0.870. The number of likely N-dealkylation sites (N-methyl/N-ethyl adjacent to an activating group) is 1. The van der Waals surface area contributed by atoms with Gasteiger partial charge in [0, 0.05) is 12.8 Å². The SMILES string of the molecule is CC/C=C\C/C=C\C/C=C\C/C=C\C/C=C\C/C=C\C/C=C\CCCCCCCCCCCCCCCCCCCCCC(=O)OC(COC(=O)CCCC/C=C\C/C=C\C/C=C\C/C=C\C/C=C\C/C=C\CC)COP(=O)(O)OCC[N+](C)(C)C. The second-order valence-electron chi connectivity index (χ2n) is 23.4. The van der Waals surface area contributed by atoms with Crippen molar-refractivity contribution in [2.75, 3.05) is 47.5 Å². The van der Waals surface area contributed by atoms with Crippen molar-refractivity contribution < 1.29 is 42.1 Å². The summed E-state index contributed by atoms with van der Waals surface area (Å²) in [6.07, 6.45) is 97.8. The van der Waals surface area contributed by atoms with Gasteiger partial charge in [-0.1, -0.05) is 281 Å². The van der Waals surface area contributed by atoms with Crippen molar-refractivity contribution in [2.24, 2.45) is 0 Å². The highest BCUT2D eigenvalue weighted by molar-refractivity contribution is 7.47. The molecule has 0 aromatic rings. The smallest absolute Gasteiger partial charge is 0.462 e. The molecule has 0 fully saturated rings. The second kappa shape index (κ2) is 65.1. The van der Waals surface area contributed by atoms with Crippen LogP contribution in [0.4, 0.5) is 0 Å². The number of phosphoric ester groups is 1. The number of carbonyl (C=O) groups is 2. The molecular weight excluding hydrogens is 1090 g/mol. The Morgan fingerprint density at radius 1 is 0.360 bits per heavy atom. The maximum absolute atomic E-state index is 12.9. The van der Waals surface area contributed by atoms with Crippen LogP contribution in [-0.4, -0.2) is 74.9 Å². The summed E-state index contributed by atoms with van der Waals surface area (Å²) in [5, 5.41) is 0. The van der Waals surface area contributed by atoms with Gasteiger partial charge in [0.25, 0.3) is 0 Å². The van der Waals surface area contributed by atoms with Crippen molar-refractivity contribution in [3.8, 4) is 0 Å². The molecule has 0 amide bonds. The first kappa shape index (κ1) is 81.6. The van der Waals surface area contributed by atoms with E-state index in [4.69, 9.17) is 18.5 Å². The Bertz CT molecular complexity index is 2010. The first-order chi connectivity index (χ1) is 42.0. The fourth-order valence-corrected chi connectivity index (χ4v) is 9.62. The molecule has 0 heterocycles. The number of quaternary nitrogens is 1. The normalized spacial score (nSPS) is 14.2. The standard InChI is InChI=1S/C76H126NO8P/c1-6-8-10-12-14-16-18-20-22-24-26-28-29-30-31-32-33-34-35-36-37-38-39-40-41-42-43-44-45-46-47-49-51-53-55-57-59-61-63-65-67-69-76(79)85-74(73-84-86(80,81)83-71-70-77(3,4)5)72-82-75(78)68-66-64-62-60-58-56-54-52-50-48-27-25-23-21-19-17-15-13-11-9-7-2/h8-11,14-17,20-23,26-28,30-31,33-34,36-37,48,52,54,58,60,74H,6-7,12-13,18-19,24-25,29,32,35,38-47,49-51,53,55-57,59,61-73H2,1-5H3/p+1/b10-8-,11-9-,16-14-,17-15-,22-20-,23-21-,28-26-,31-30-,34-33-,37-36-,48-27-,54-52-,60-58-. The molecular formula is C76H127NO8P+. The number of carbonyl (C=O) groups excluding carboxylic acids is 2. The van der Waals surface area contributed by atoms with Crippen molar-refractivity contribution in [2.45, 2.75) is 264 Å². The highest BCUT2D eigenvalue weighted by atomic mass is 31.2. The number of hydrogen-bond donors (Lipinski definition) is 1. The van der Waals surface area contributed by atoms with Crippen molar-refractivity contribution in [3.05, 3.63) is 158 Å². The van der Waals surface area contributed by atoms with E-state index in [-0.39, 0.29) is 26.1 Å². The molecule has 1 N–H and O–H groups in total. The molecule has 0 aliphatic heterocycles. The summed E-state index contributed by atoms with van der Waals surface area (Å²) in [6, 6.07) is 0. The van der Waals surface area contributed by atoms with Crippen LogP contribution in [0.5, 0.6) is 0 Å². The van der Waals surface area contributed by atoms with Gasteiger partial charge in [-0.05, 0) is 122 Å². The van der Waals surface area contributed by atoms with E-state index in [0.717, 1.165) is 116 Å². The number of ether oxygens (including phenoxy) is 2. The van der Waals surface area contributed by atoms with Crippen LogP contribution in [-0.2, 0) is 32.7 Å². The Hall–Kier alpha value is -4.37. The number of phosphoric acid groups is 1. The summed E-state index contributed by atoms with van der Waals surface area (Å²) in [7, 11) is 1.44. The zero-order valence-electron chi connectivity index (χ0n) is 55.5. The van der Waals surface area contributed by atoms with Crippen LogP contribution in [0.3, 0.4) is 0 Å². The Labute approximate surface area is 528 Å². The highest BCUT2D eigenvalue weighted by Crippen LogP contribution is 2.43. The molecule has 488 valence electrons. The van der Waals surface area contributed by atoms with Crippen molar-refractivity contribution in [1.82, 2.24) is 0 Å². The summed E-state index contributed by atoms with van der Waals surface area (Å²) in [4.78, 5) is 35.8. The van der Waals surface area contributed by atoms with Crippen LogP contribution in [0.25, 0.3) is 0 Å². The van der Waals surface area contributed by atoms with E-state index in [1.807, 2.05) is 21.1 Å². The number of esters is 2. The van der Waals surface area contributed by atoms with Gasteiger partial charge in [0.15, 0.2) is 6.10 Å². The van der Waals surface area contributed by atoms with Crippen molar-refractivity contribution >= 4 is 19.8 Å². The first-order valence-electron chi connectivity index (χ1n) is 34.2. The highest BCUT2D eigenvalue weighted by Gasteiger charge is 2.27. The summed E-state index contributed by atoms with van der Waals surface area (Å²) >= 11 is 0. The summed E-state index contributed by atoms with van der Waals surface area (Å²) in [5.74, 6) is -0.852. The van der Waals surface area contributed by atoms with Gasteiger partial charge < -0.3 is 18.9 Å². The van der Waals surface area contributed by atoms with Gasteiger partial charge in [-0.15, -0.1) is 0 Å². The molecule has 0 saturated heterocycles. The van der Waals surface area contributed by atoms with E-state index in [2.05, 4.69) is 172 Å². The Kier molecular flexibility index (Phi) is 61.8. The molecule has 86 heavy (non-hydrogen) atoms. The average Bonchev–Trinajstić information content (AvgIpc) is 3.70. The minimum Gasteiger partial charge on any atom is -0.462 e. The number of allylic oxidation sites excluding steroid dienone is 26. The van der Waals surface area contributed by atoms with Gasteiger partial charge in [0.1, 0.15) is 19.8 Å². The zero-order valence-corrected chi connectivity index (χ0v) is 56.4. The van der Waals surface area contributed by atoms with Crippen LogP contribution >= 0.6 is 7.82 Å². The topological polar surface area (TPSA) is 108 Å². The molecule has 9 nitrogen and oxygen atoms in total. The molecule has 0 rings (SSSR count). The van der Waals surface area contributed by atoms with E-state index in [1.165, 1.54) is 103 Å². The maximum atomic E-state index is 12.9. The van der Waals surface area contributed by atoms with E-state index in [9.17, 15) is 19.0 Å². The van der Waals surface area contributed by atoms with Gasteiger partial charge in [0.05, 0.1) is 27.7 Å². The number of rotatable bonds is 61. The monoisotopic (exact) mass is 1210 g/mol. The van der Waals surface area contributed by atoms with Crippen LogP contribution in [0.15, 0.2) is 158 Å². The molecule has 0 aliphatic rings. The molecule has 0 aromatic heterocycles. The number of unbranched alkanes of at least 4 members (excludes halogenated alkanes) is 21. The molecule has 0 spiro atoms. The average molecular weight is 1210 g/mol. The molecule has 0 bridgehead atoms. The second-order valence-corrected chi connectivity index (χ2v) is 24.9. The molecule has 2 atom stereocenters. The Balaban J connectivity index is 4.05. The molecule has 0 radical (unpaired) electrons. The first-order valence-corrected chi connectivity index (χ1v) is 35.7. The molecule has 10 heteroatoms.